The number of pyridine rings is 1. The number of carboxylic acid groups (broad SMARTS) is 1. The molecule has 4 atom stereocenters. The minimum absolute atomic E-state index is 0.0217. The highest BCUT2D eigenvalue weighted by molar-refractivity contribution is 5.90. The van der Waals surface area contributed by atoms with E-state index >= 15 is 0 Å². The predicted octanol–water partition coefficient (Wildman–Crippen LogP) is 1.31. The molecule has 5 rings (SSSR count). The summed E-state index contributed by atoms with van der Waals surface area (Å²) in [5.74, 6) is -2.29. The van der Waals surface area contributed by atoms with E-state index in [1.165, 1.54) is 5.01 Å². The minimum atomic E-state index is -1.28. The van der Waals surface area contributed by atoms with Crippen molar-refractivity contribution in [3.05, 3.63) is 47.7 Å². The molecule has 1 aliphatic carbocycles. The van der Waals surface area contributed by atoms with Gasteiger partial charge in [-0.15, -0.1) is 0 Å². The fraction of sp³-hybridized carbons (Fsp3) is 0.531. The highest BCUT2D eigenvalue weighted by Crippen LogP contribution is 2.32. The van der Waals surface area contributed by atoms with E-state index in [1.807, 2.05) is 37.3 Å². The molecule has 5 N–H and O–H groups in total. The van der Waals surface area contributed by atoms with Gasteiger partial charge in [-0.05, 0) is 63.1 Å². The molecule has 3 amide bonds. The largest absolute Gasteiger partial charge is 0.480 e. The third-order valence-electron chi connectivity index (χ3n) is 8.49. The molecule has 1 aromatic carbocycles. The second-order valence-corrected chi connectivity index (χ2v) is 12.1. The van der Waals surface area contributed by atoms with E-state index in [4.69, 9.17) is 14.5 Å². The molecule has 3 fully saturated rings. The van der Waals surface area contributed by atoms with E-state index in [0.717, 1.165) is 23.8 Å². The molecule has 1 unspecified atom stereocenters. The number of aliphatic carboxylic acids is 1. The van der Waals surface area contributed by atoms with Gasteiger partial charge < -0.3 is 30.3 Å². The summed E-state index contributed by atoms with van der Waals surface area (Å²) in [6.45, 7) is 4.51. The third-order valence-corrected chi connectivity index (χ3v) is 8.49. The van der Waals surface area contributed by atoms with Gasteiger partial charge >= 0.3 is 5.97 Å². The van der Waals surface area contributed by atoms with Gasteiger partial charge in [0.15, 0.2) is 0 Å². The number of benzene rings is 1. The van der Waals surface area contributed by atoms with Crippen LogP contribution in [0.3, 0.4) is 0 Å². The van der Waals surface area contributed by atoms with Crippen LogP contribution in [-0.4, -0.2) is 95.1 Å². The van der Waals surface area contributed by atoms with Crippen LogP contribution in [0.5, 0.6) is 0 Å². The molecule has 13 nitrogen and oxygen atoms in total. The molecule has 45 heavy (non-hydrogen) atoms. The Balaban J connectivity index is 1.20. The molecule has 3 heterocycles. The van der Waals surface area contributed by atoms with Gasteiger partial charge in [-0.3, -0.25) is 29.2 Å². The van der Waals surface area contributed by atoms with Crippen LogP contribution in [0.15, 0.2) is 36.4 Å². The van der Waals surface area contributed by atoms with E-state index in [0.29, 0.717) is 43.8 Å². The fourth-order valence-electron chi connectivity index (χ4n) is 5.45. The Morgan fingerprint density at radius 2 is 1.78 bits per heavy atom. The zero-order valence-electron chi connectivity index (χ0n) is 25.5. The Morgan fingerprint density at radius 1 is 1.07 bits per heavy atom. The number of carbonyl (C=O) groups is 4. The second kappa shape index (κ2) is 14.0. The molecule has 13 heteroatoms. The summed E-state index contributed by atoms with van der Waals surface area (Å²) in [6, 6.07) is 7.44. The van der Waals surface area contributed by atoms with E-state index < -0.39 is 41.5 Å². The van der Waals surface area contributed by atoms with Gasteiger partial charge in [0, 0.05) is 11.9 Å². The highest BCUT2D eigenvalue weighted by atomic mass is 16.5. The number of aliphatic hydroxyl groups excluding tert-OH is 1. The number of carbonyl (C=O) groups excluding carboxylic acids is 3. The van der Waals surface area contributed by atoms with Crippen LogP contribution >= 0.6 is 0 Å². The molecule has 3 aliphatic rings. The second-order valence-electron chi connectivity index (χ2n) is 12.1. The summed E-state index contributed by atoms with van der Waals surface area (Å²) < 4.78 is 10.9. The number of hydrazine groups is 1. The number of ether oxygens (including phenoxy) is 2. The molecule has 0 bridgehead atoms. The van der Waals surface area contributed by atoms with E-state index in [-0.39, 0.29) is 30.9 Å². The summed E-state index contributed by atoms with van der Waals surface area (Å²) >= 11 is 0. The van der Waals surface area contributed by atoms with Crippen molar-refractivity contribution in [2.45, 2.75) is 63.8 Å². The molecular formula is C32H41N5O8. The lowest BCUT2D eigenvalue weighted by Gasteiger charge is -2.35. The maximum absolute atomic E-state index is 13.2. The van der Waals surface area contributed by atoms with Crippen molar-refractivity contribution in [1.82, 2.24) is 26.1 Å². The summed E-state index contributed by atoms with van der Waals surface area (Å²) in [5, 5.41) is 27.7. The first kappa shape index (κ1) is 32.5. The smallest absolute Gasteiger partial charge is 0.318 e. The number of carboxylic acids is 1. The van der Waals surface area contributed by atoms with Crippen LogP contribution in [0.25, 0.3) is 17.0 Å². The number of aliphatic hydroxyl groups is 1. The van der Waals surface area contributed by atoms with Crippen LogP contribution in [0.1, 0.15) is 56.8 Å². The van der Waals surface area contributed by atoms with Crippen molar-refractivity contribution in [3.63, 3.8) is 0 Å². The van der Waals surface area contributed by atoms with Crippen molar-refractivity contribution in [1.29, 1.82) is 0 Å². The minimum Gasteiger partial charge on any atom is -0.480 e. The first-order valence-electron chi connectivity index (χ1n) is 15.4. The number of rotatable bonds is 10. The zero-order valence-corrected chi connectivity index (χ0v) is 25.5. The van der Waals surface area contributed by atoms with Gasteiger partial charge in [0.1, 0.15) is 23.6 Å². The standard InChI is InChI=1S/C32H41N5O8/c1-19(33-28(39)25-4-3-13-37(36-25)30(41)20(2)34-29(40)27(38)23-7-8-23)24-10-9-22-6-5-21(16-26(22)35-24)11-12-32(31(42)43)17-44-14-15-45-18-32/h5-6,9-12,16,19-20,23,25,27,36,38H,3-4,7-8,13-15,17-18H2,1-2H3,(H,33,39)(H,34,40)(H,42,43)/b12-11+/t19-,20+,25+,27?/m1/s1. The Kier molecular flexibility index (Phi) is 10.1. The number of fused-ring (bicyclic) bond motifs is 1. The molecule has 1 aromatic heterocycles. The molecule has 242 valence electrons. The topological polar surface area (TPSA) is 179 Å². The lowest BCUT2D eigenvalue weighted by atomic mass is 9.89. The molecule has 2 aliphatic heterocycles. The third kappa shape index (κ3) is 7.85. The fourth-order valence-corrected chi connectivity index (χ4v) is 5.45. The molecule has 2 aromatic rings. The Labute approximate surface area is 261 Å². The van der Waals surface area contributed by atoms with E-state index in [2.05, 4.69) is 16.1 Å². The van der Waals surface area contributed by atoms with Crippen molar-refractivity contribution in [2.24, 2.45) is 11.3 Å². The summed E-state index contributed by atoms with van der Waals surface area (Å²) in [6.07, 6.45) is 4.95. The molecule has 0 spiro atoms. The number of nitrogens with one attached hydrogen (secondary N) is 3. The van der Waals surface area contributed by atoms with Crippen molar-refractivity contribution in [3.8, 4) is 0 Å². The quantitative estimate of drug-likeness (QED) is 0.259. The first-order chi connectivity index (χ1) is 21.6. The maximum atomic E-state index is 13.2. The van der Waals surface area contributed by atoms with Crippen molar-refractivity contribution in [2.75, 3.05) is 33.0 Å². The van der Waals surface area contributed by atoms with Crippen molar-refractivity contribution < 1.29 is 38.9 Å². The monoisotopic (exact) mass is 623 g/mol. The van der Waals surface area contributed by atoms with Gasteiger partial charge in [-0.1, -0.05) is 30.4 Å². The van der Waals surface area contributed by atoms with Gasteiger partial charge in [0.2, 0.25) is 11.8 Å². The molecule has 2 saturated heterocycles. The van der Waals surface area contributed by atoms with Crippen LogP contribution < -0.4 is 16.1 Å². The van der Waals surface area contributed by atoms with Crippen molar-refractivity contribution >= 4 is 40.7 Å². The van der Waals surface area contributed by atoms with Gasteiger partial charge in [0.05, 0.1) is 43.7 Å². The van der Waals surface area contributed by atoms with E-state index in [9.17, 15) is 29.4 Å². The molecular weight excluding hydrogens is 582 g/mol. The van der Waals surface area contributed by atoms with Crippen LogP contribution in [0.4, 0.5) is 0 Å². The van der Waals surface area contributed by atoms with Crippen LogP contribution in [0.2, 0.25) is 0 Å². The average Bonchev–Trinajstić information content (AvgIpc) is 3.91. The average molecular weight is 624 g/mol. The zero-order chi connectivity index (χ0) is 32.1. The summed E-state index contributed by atoms with van der Waals surface area (Å²) in [4.78, 5) is 55.2. The number of aromatic nitrogens is 1. The Hall–Kier alpha value is -3.91. The highest BCUT2D eigenvalue weighted by Gasteiger charge is 2.39. The van der Waals surface area contributed by atoms with Gasteiger partial charge in [-0.25, -0.2) is 5.43 Å². The van der Waals surface area contributed by atoms with Crippen LogP contribution in [-0.2, 0) is 28.7 Å². The Bertz CT molecular complexity index is 1450. The van der Waals surface area contributed by atoms with Gasteiger partial charge in [0.25, 0.3) is 5.91 Å². The Morgan fingerprint density at radius 3 is 2.47 bits per heavy atom. The predicted molar refractivity (Wildman–Crippen MR) is 163 cm³/mol. The lowest BCUT2D eigenvalue weighted by molar-refractivity contribution is -0.150. The lowest BCUT2D eigenvalue weighted by Crippen LogP contribution is -2.61. The number of hydrogen-bond acceptors (Lipinski definition) is 9. The van der Waals surface area contributed by atoms with E-state index in [1.54, 1.807) is 19.1 Å². The SMILES string of the molecule is C[C@H](NC(=O)C(O)C1CC1)C(=O)N1CCC[C@@H](C(=O)N[C@H](C)c2ccc3ccc(/C=C/C4(C(=O)O)COCCOC4)cc3n2)N1. The first-order valence-corrected chi connectivity index (χ1v) is 15.4. The maximum Gasteiger partial charge on any atom is 0.318 e. The molecule has 1 saturated carbocycles. The number of amides is 3. The summed E-state index contributed by atoms with van der Waals surface area (Å²) in [5.41, 5.74) is 3.79. The molecule has 0 radical (unpaired) electrons. The summed E-state index contributed by atoms with van der Waals surface area (Å²) in [7, 11) is 0. The normalized spacial score (nSPS) is 22.3. The number of hydrogen-bond donors (Lipinski definition) is 5. The van der Waals surface area contributed by atoms with Gasteiger partial charge in [-0.2, -0.15) is 0 Å². The van der Waals surface area contributed by atoms with Crippen LogP contribution in [0, 0.1) is 11.3 Å². The number of nitrogens with zero attached hydrogens (tertiary/aromatic N) is 2.